The minimum atomic E-state index is -0.739. The number of hydrogen-bond donors (Lipinski definition) is 3. The monoisotopic (exact) mass is 500 g/mol. The summed E-state index contributed by atoms with van der Waals surface area (Å²) in [5.41, 5.74) is 7.84. The number of carbonyl (C=O) groups is 1. The van der Waals surface area contributed by atoms with E-state index in [0.717, 1.165) is 30.0 Å². The van der Waals surface area contributed by atoms with Gasteiger partial charge >= 0.3 is 5.97 Å². The van der Waals surface area contributed by atoms with Crippen molar-refractivity contribution in [3.63, 3.8) is 0 Å². The largest absolute Gasteiger partial charge is 0.493 e. The number of anilines is 1. The molecule has 5 rings (SSSR count). The van der Waals surface area contributed by atoms with E-state index in [4.69, 9.17) is 4.74 Å². The first-order valence-electron chi connectivity index (χ1n) is 13.1. The van der Waals surface area contributed by atoms with Gasteiger partial charge in [-0.25, -0.2) is 4.98 Å². The van der Waals surface area contributed by atoms with Crippen LogP contribution in [0, 0.1) is 19.8 Å². The maximum atomic E-state index is 11.2. The fraction of sp³-hybridized carbons (Fsp3) is 0.419. The summed E-state index contributed by atoms with van der Waals surface area (Å²) in [6.45, 7) is 8.34. The van der Waals surface area contributed by atoms with E-state index in [1.165, 1.54) is 33.4 Å². The molecule has 3 atom stereocenters. The van der Waals surface area contributed by atoms with Gasteiger partial charge in [0.15, 0.2) is 0 Å². The van der Waals surface area contributed by atoms with Crippen LogP contribution in [0.4, 0.5) is 5.82 Å². The summed E-state index contributed by atoms with van der Waals surface area (Å²) in [5, 5.41) is 22.7. The van der Waals surface area contributed by atoms with E-state index in [1.807, 2.05) is 18.3 Å². The molecule has 194 valence electrons. The second-order valence-corrected chi connectivity index (χ2v) is 11.2. The number of aromatic nitrogens is 1. The van der Waals surface area contributed by atoms with E-state index in [9.17, 15) is 15.0 Å². The Kier molecular flexibility index (Phi) is 6.71. The molecule has 0 saturated heterocycles. The van der Waals surface area contributed by atoms with Crippen LogP contribution >= 0.6 is 0 Å². The van der Waals surface area contributed by atoms with Gasteiger partial charge in [-0.15, -0.1) is 0 Å². The van der Waals surface area contributed by atoms with Gasteiger partial charge in [-0.1, -0.05) is 24.3 Å². The highest BCUT2D eigenvalue weighted by atomic mass is 16.5. The van der Waals surface area contributed by atoms with E-state index in [2.05, 4.69) is 54.5 Å². The Labute approximate surface area is 218 Å². The molecule has 2 aromatic carbocycles. The molecular weight excluding hydrogens is 464 g/mol. The van der Waals surface area contributed by atoms with Gasteiger partial charge in [0.25, 0.3) is 0 Å². The molecule has 1 aromatic heterocycles. The van der Waals surface area contributed by atoms with Crippen molar-refractivity contribution < 1.29 is 19.7 Å². The molecule has 0 spiro atoms. The topological polar surface area (TPSA) is 91.7 Å². The molecule has 1 heterocycles. The summed E-state index contributed by atoms with van der Waals surface area (Å²) in [4.78, 5) is 15.8. The van der Waals surface area contributed by atoms with Gasteiger partial charge in [0.2, 0.25) is 0 Å². The van der Waals surface area contributed by atoms with Crippen molar-refractivity contribution in [2.75, 3.05) is 11.9 Å². The fourth-order valence-electron chi connectivity index (χ4n) is 5.61. The molecule has 0 bridgehead atoms. The fourth-order valence-corrected chi connectivity index (χ4v) is 5.61. The van der Waals surface area contributed by atoms with Crippen LogP contribution in [0.15, 0.2) is 48.7 Å². The second-order valence-electron chi connectivity index (χ2n) is 11.2. The van der Waals surface area contributed by atoms with Gasteiger partial charge in [0.1, 0.15) is 11.6 Å². The SMILES string of the molecule is Cc1cc(OCCC(C)(C)O)cc(C)c1-c1cccc2c1CCC2Nc1ccc([C@@H]2C[C@H]2C(=O)O)cn1. The summed E-state index contributed by atoms with van der Waals surface area (Å²) < 4.78 is 5.95. The first-order chi connectivity index (χ1) is 17.6. The highest BCUT2D eigenvalue weighted by molar-refractivity contribution is 5.77. The van der Waals surface area contributed by atoms with Gasteiger partial charge in [-0.2, -0.15) is 0 Å². The number of nitrogens with zero attached hydrogens (tertiary/aromatic N) is 1. The first kappa shape index (κ1) is 25.3. The third-order valence-corrected chi connectivity index (χ3v) is 7.67. The van der Waals surface area contributed by atoms with E-state index in [-0.39, 0.29) is 17.9 Å². The smallest absolute Gasteiger partial charge is 0.307 e. The Balaban J connectivity index is 1.32. The van der Waals surface area contributed by atoms with Gasteiger partial charge in [0, 0.05) is 12.6 Å². The molecule has 3 N–H and O–H groups in total. The normalized spacial score (nSPS) is 20.4. The zero-order chi connectivity index (χ0) is 26.3. The lowest BCUT2D eigenvalue weighted by atomic mass is 9.90. The number of nitrogens with one attached hydrogen (secondary N) is 1. The lowest BCUT2D eigenvalue weighted by Crippen LogP contribution is -2.21. The molecule has 0 aliphatic heterocycles. The van der Waals surface area contributed by atoms with Crippen LogP contribution in [0.25, 0.3) is 11.1 Å². The average Bonchev–Trinajstić information content (AvgIpc) is 3.53. The van der Waals surface area contributed by atoms with Crippen molar-refractivity contribution in [3.8, 4) is 16.9 Å². The molecule has 2 aliphatic carbocycles. The number of benzene rings is 2. The minimum absolute atomic E-state index is 0.0959. The molecule has 1 fully saturated rings. The lowest BCUT2D eigenvalue weighted by Gasteiger charge is -2.20. The number of hydrogen-bond acceptors (Lipinski definition) is 5. The standard InChI is InChI=1S/C31H36N2O4/c1-18-14-21(37-13-12-31(3,4)36)15-19(2)29(18)24-7-5-6-23-22(24)9-10-27(23)33-28-11-8-20(17-32-28)25-16-26(25)30(34)35/h5-8,11,14-15,17,25-27,36H,9-10,12-13,16H2,1-4H3,(H,32,33)(H,34,35)/t25-,26+,27?/m0/s1. The van der Waals surface area contributed by atoms with Crippen LogP contribution in [0.2, 0.25) is 0 Å². The number of ether oxygens (including phenoxy) is 1. The molecule has 3 aromatic rings. The van der Waals surface area contributed by atoms with Gasteiger partial charge < -0.3 is 20.3 Å². The Bertz CT molecular complexity index is 1290. The highest BCUT2D eigenvalue weighted by Gasteiger charge is 2.44. The van der Waals surface area contributed by atoms with Crippen molar-refractivity contribution in [1.82, 2.24) is 4.98 Å². The van der Waals surface area contributed by atoms with E-state index in [1.54, 1.807) is 13.8 Å². The third-order valence-electron chi connectivity index (χ3n) is 7.67. The van der Waals surface area contributed by atoms with Crippen molar-refractivity contribution in [3.05, 3.63) is 76.5 Å². The zero-order valence-electron chi connectivity index (χ0n) is 22.0. The molecule has 0 amide bonds. The zero-order valence-corrected chi connectivity index (χ0v) is 22.0. The molecule has 6 nitrogen and oxygen atoms in total. The van der Waals surface area contributed by atoms with Crippen LogP contribution in [-0.2, 0) is 11.2 Å². The third kappa shape index (κ3) is 5.49. The quantitative estimate of drug-likeness (QED) is 0.324. The lowest BCUT2D eigenvalue weighted by molar-refractivity contribution is -0.138. The van der Waals surface area contributed by atoms with Crippen LogP contribution in [0.3, 0.4) is 0 Å². The number of aliphatic hydroxyl groups is 1. The molecular formula is C31H36N2O4. The minimum Gasteiger partial charge on any atom is -0.493 e. The number of carboxylic acids is 1. The van der Waals surface area contributed by atoms with Crippen LogP contribution in [0.1, 0.15) is 72.9 Å². The molecule has 0 radical (unpaired) electrons. The van der Waals surface area contributed by atoms with E-state index < -0.39 is 11.6 Å². The summed E-state index contributed by atoms with van der Waals surface area (Å²) in [6.07, 6.45) is 5.09. The molecule has 37 heavy (non-hydrogen) atoms. The van der Waals surface area contributed by atoms with Crippen molar-refractivity contribution in [2.24, 2.45) is 5.92 Å². The summed E-state index contributed by atoms with van der Waals surface area (Å²) >= 11 is 0. The van der Waals surface area contributed by atoms with Crippen molar-refractivity contribution in [1.29, 1.82) is 0 Å². The van der Waals surface area contributed by atoms with E-state index in [0.29, 0.717) is 19.4 Å². The predicted molar refractivity (Wildman–Crippen MR) is 145 cm³/mol. The van der Waals surface area contributed by atoms with Crippen LogP contribution < -0.4 is 10.1 Å². The second kappa shape index (κ2) is 9.82. The number of rotatable bonds is 9. The molecule has 1 unspecified atom stereocenters. The van der Waals surface area contributed by atoms with Gasteiger partial charge in [-0.05, 0) is 110 Å². The Morgan fingerprint density at radius 2 is 1.92 bits per heavy atom. The Morgan fingerprint density at radius 1 is 1.16 bits per heavy atom. The Hall–Kier alpha value is -3.38. The maximum Gasteiger partial charge on any atom is 0.307 e. The van der Waals surface area contributed by atoms with Gasteiger partial charge in [-0.3, -0.25) is 4.79 Å². The van der Waals surface area contributed by atoms with Crippen LogP contribution in [0.5, 0.6) is 5.75 Å². The van der Waals surface area contributed by atoms with Crippen molar-refractivity contribution >= 4 is 11.8 Å². The maximum absolute atomic E-state index is 11.2. The highest BCUT2D eigenvalue weighted by Crippen LogP contribution is 2.47. The molecule has 1 saturated carbocycles. The van der Waals surface area contributed by atoms with Crippen LogP contribution in [-0.4, -0.2) is 33.4 Å². The number of carboxylic acid groups (broad SMARTS) is 1. The Morgan fingerprint density at radius 3 is 2.54 bits per heavy atom. The number of aryl methyl sites for hydroxylation is 2. The predicted octanol–water partition coefficient (Wildman–Crippen LogP) is 6.19. The van der Waals surface area contributed by atoms with Crippen molar-refractivity contribution in [2.45, 2.75) is 70.9 Å². The average molecular weight is 501 g/mol. The number of fused-ring (bicyclic) bond motifs is 1. The van der Waals surface area contributed by atoms with Gasteiger partial charge in [0.05, 0.1) is 24.2 Å². The van der Waals surface area contributed by atoms with E-state index >= 15 is 0 Å². The number of aliphatic carboxylic acids is 1. The summed E-state index contributed by atoms with van der Waals surface area (Å²) in [6, 6.07) is 14.9. The number of pyridine rings is 1. The summed E-state index contributed by atoms with van der Waals surface area (Å²) in [7, 11) is 0. The summed E-state index contributed by atoms with van der Waals surface area (Å²) in [5.74, 6) is 0.772. The first-order valence-corrected chi connectivity index (χ1v) is 13.1. The molecule has 2 aliphatic rings. The molecule has 6 heteroatoms.